The second kappa shape index (κ2) is 5.28. The summed E-state index contributed by atoms with van der Waals surface area (Å²) in [5.74, 6) is 0. The van der Waals surface area contributed by atoms with Gasteiger partial charge >= 0.3 is 0 Å². The molecule has 0 aliphatic carbocycles. The molecule has 0 aromatic heterocycles. The van der Waals surface area contributed by atoms with Crippen LogP contribution < -0.4 is 5.43 Å². The van der Waals surface area contributed by atoms with Crippen molar-refractivity contribution in [2.75, 3.05) is 6.54 Å². The zero-order valence-corrected chi connectivity index (χ0v) is 10.6. The van der Waals surface area contributed by atoms with Crippen LogP contribution in [0, 0.1) is 0 Å². The van der Waals surface area contributed by atoms with Gasteiger partial charge in [0.15, 0.2) is 0 Å². The molecule has 1 fully saturated rings. The summed E-state index contributed by atoms with van der Waals surface area (Å²) in [6.45, 7) is 9.06. The van der Waals surface area contributed by atoms with E-state index in [0.717, 1.165) is 6.42 Å². The van der Waals surface area contributed by atoms with Crippen LogP contribution in [0.3, 0.4) is 0 Å². The zero-order chi connectivity index (χ0) is 11.5. The van der Waals surface area contributed by atoms with Crippen LogP contribution in [-0.2, 0) is 0 Å². The zero-order valence-electron chi connectivity index (χ0n) is 10.6. The number of hydrogen-bond acceptors (Lipinski definition) is 3. The van der Waals surface area contributed by atoms with Gasteiger partial charge in [0.2, 0.25) is 0 Å². The smallest absolute Gasteiger partial charge is 0.0755 e. The van der Waals surface area contributed by atoms with E-state index in [4.69, 9.17) is 0 Å². The lowest BCUT2D eigenvalue weighted by Crippen LogP contribution is -2.55. The van der Waals surface area contributed by atoms with Crippen molar-refractivity contribution in [3.05, 3.63) is 0 Å². The Balaban J connectivity index is 2.42. The van der Waals surface area contributed by atoms with E-state index in [0.29, 0.717) is 18.6 Å². The number of rotatable bonds is 4. The average molecular weight is 214 g/mol. The van der Waals surface area contributed by atoms with Gasteiger partial charge in [0.05, 0.1) is 5.60 Å². The lowest BCUT2D eigenvalue weighted by molar-refractivity contribution is -0.00912. The summed E-state index contributed by atoms with van der Waals surface area (Å²) in [5.41, 5.74) is 2.81. The van der Waals surface area contributed by atoms with Crippen molar-refractivity contribution in [1.82, 2.24) is 10.4 Å². The van der Waals surface area contributed by atoms with Gasteiger partial charge in [-0.25, -0.2) is 5.01 Å². The predicted octanol–water partition coefficient (Wildman–Crippen LogP) is 1.91. The maximum atomic E-state index is 9.94. The fourth-order valence-electron chi connectivity index (χ4n) is 2.12. The van der Waals surface area contributed by atoms with Gasteiger partial charge < -0.3 is 5.11 Å². The van der Waals surface area contributed by atoms with Crippen molar-refractivity contribution >= 4 is 0 Å². The molecule has 3 unspecified atom stereocenters. The topological polar surface area (TPSA) is 35.5 Å². The molecule has 0 spiro atoms. The van der Waals surface area contributed by atoms with Crippen LogP contribution in [-0.4, -0.2) is 34.3 Å². The minimum Gasteiger partial charge on any atom is -0.389 e. The molecule has 1 rings (SSSR count). The molecular formula is C12H26N2O. The van der Waals surface area contributed by atoms with Crippen LogP contribution in [0.2, 0.25) is 0 Å². The maximum absolute atomic E-state index is 9.94. The summed E-state index contributed by atoms with van der Waals surface area (Å²) < 4.78 is 0. The largest absolute Gasteiger partial charge is 0.389 e. The lowest BCUT2D eigenvalue weighted by atomic mass is 9.99. The average Bonchev–Trinajstić information content (AvgIpc) is 2.17. The van der Waals surface area contributed by atoms with Crippen LogP contribution in [0.5, 0.6) is 0 Å². The number of aliphatic hydroxyl groups is 1. The van der Waals surface area contributed by atoms with E-state index in [-0.39, 0.29) is 0 Å². The van der Waals surface area contributed by atoms with Crippen molar-refractivity contribution < 1.29 is 5.11 Å². The Kier molecular flexibility index (Phi) is 4.56. The molecule has 0 amide bonds. The van der Waals surface area contributed by atoms with Crippen LogP contribution in [0.4, 0.5) is 0 Å². The molecule has 1 saturated heterocycles. The second-order valence-corrected chi connectivity index (χ2v) is 5.22. The Labute approximate surface area is 93.8 Å². The van der Waals surface area contributed by atoms with E-state index in [2.05, 4.69) is 24.3 Å². The highest BCUT2D eigenvalue weighted by Crippen LogP contribution is 2.20. The van der Waals surface area contributed by atoms with E-state index in [9.17, 15) is 5.11 Å². The second-order valence-electron chi connectivity index (χ2n) is 5.22. The molecule has 15 heavy (non-hydrogen) atoms. The predicted molar refractivity (Wildman–Crippen MR) is 63.5 cm³/mol. The summed E-state index contributed by atoms with van der Waals surface area (Å²) in [5, 5.41) is 12.3. The quantitative estimate of drug-likeness (QED) is 0.750. The van der Waals surface area contributed by atoms with Crippen molar-refractivity contribution in [2.24, 2.45) is 0 Å². The van der Waals surface area contributed by atoms with Crippen LogP contribution >= 0.6 is 0 Å². The molecule has 0 saturated carbocycles. The SMILES string of the molecule is CCC(C)(O)CNN1C(C)CCCC1C. The van der Waals surface area contributed by atoms with E-state index in [1.54, 1.807) is 0 Å². The Morgan fingerprint density at radius 2 is 1.87 bits per heavy atom. The third-order valence-corrected chi connectivity index (χ3v) is 3.60. The van der Waals surface area contributed by atoms with E-state index in [1.807, 2.05) is 13.8 Å². The first-order valence-corrected chi connectivity index (χ1v) is 6.20. The van der Waals surface area contributed by atoms with Crippen molar-refractivity contribution in [3.63, 3.8) is 0 Å². The Morgan fingerprint density at radius 1 is 1.33 bits per heavy atom. The minimum absolute atomic E-state index is 0.585. The number of piperidine rings is 1. The molecule has 3 heteroatoms. The number of nitrogens with one attached hydrogen (secondary N) is 1. The van der Waals surface area contributed by atoms with Gasteiger partial charge in [0.1, 0.15) is 0 Å². The molecule has 0 radical (unpaired) electrons. The Hall–Kier alpha value is -0.120. The van der Waals surface area contributed by atoms with Crippen LogP contribution in [0.1, 0.15) is 53.4 Å². The maximum Gasteiger partial charge on any atom is 0.0755 e. The van der Waals surface area contributed by atoms with E-state index < -0.39 is 5.60 Å². The normalized spacial score (nSPS) is 32.6. The molecule has 90 valence electrons. The molecule has 3 atom stereocenters. The van der Waals surface area contributed by atoms with Crippen molar-refractivity contribution in [1.29, 1.82) is 0 Å². The highest BCUT2D eigenvalue weighted by Gasteiger charge is 2.26. The summed E-state index contributed by atoms with van der Waals surface area (Å²) in [7, 11) is 0. The fourth-order valence-corrected chi connectivity index (χ4v) is 2.12. The number of hydrogen-bond donors (Lipinski definition) is 2. The lowest BCUT2D eigenvalue weighted by Gasteiger charge is -2.40. The van der Waals surface area contributed by atoms with Crippen molar-refractivity contribution in [3.8, 4) is 0 Å². The number of hydrazine groups is 1. The molecule has 2 N–H and O–H groups in total. The number of nitrogens with zero attached hydrogens (tertiary/aromatic N) is 1. The third-order valence-electron chi connectivity index (χ3n) is 3.60. The minimum atomic E-state index is -0.586. The van der Waals surface area contributed by atoms with Crippen LogP contribution in [0.25, 0.3) is 0 Å². The van der Waals surface area contributed by atoms with Crippen LogP contribution in [0.15, 0.2) is 0 Å². The molecule has 0 aromatic carbocycles. The fraction of sp³-hybridized carbons (Fsp3) is 1.00. The molecule has 1 aliphatic heterocycles. The summed E-state index contributed by atoms with van der Waals surface area (Å²) in [6.07, 6.45) is 4.62. The van der Waals surface area contributed by atoms with Gasteiger partial charge in [-0.1, -0.05) is 13.3 Å². The standard InChI is InChI=1S/C12H26N2O/c1-5-12(4,15)9-13-14-10(2)7-6-8-11(14)3/h10-11,13,15H,5-9H2,1-4H3. The molecule has 1 heterocycles. The monoisotopic (exact) mass is 214 g/mol. The molecule has 0 bridgehead atoms. The summed E-state index contributed by atoms with van der Waals surface area (Å²) in [4.78, 5) is 0. The first-order valence-electron chi connectivity index (χ1n) is 6.20. The van der Waals surface area contributed by atoms with Gasteiger partial charge in [-0.3, -0.25) is 5.43 Å². The Morgan fingerprint density at radius 3 is 2.33 bits per heavy atom. The van der Waals surface area contributed by atoms with Gasteiger partial charge in [-0.15, -0.1) is 0 Å². The summed E-state index contributed by atoms with van der Waals surface area (Å²) in [6, 6.07) is 1.17. The highest BCUT2D eigenvalue weighted by atomic mass is 16.3. The van der Waals surface area contributed by atoms with Gasteiger partial charge in [0.25, 0.3) is 0 Å². The molecule has 1 aliphatic rings. The molecule has 3 nitrogen and oxygen atoms in total. The summed E-state index contributed by atoms with van der Waals surface area (Å²) >= 11 is 0. The first-order chi connectivity index (χ1) is 6.96. The third kappa shape index (κ3) is 3.74. The Bertz CT molecular complexity index is 184. The van der Waals surface area contributed by atoms with Gasteiger partial charge in [0, 0.05) is 18.6 Å². The van der Waals surface area contributed by atoms with Crippen molar-refractivity contribution in [2.45, 2.75) is 71.1 Å². The van der Waals surface area contributed by atoms with E-state index in [1.165, 1.54) is 19.3 Å². The first kappa shape index (κ1) is 12.9. The molecule has 0 aromatic rings. The van der Waals surface area contributed by atoms with Gasteiger partial charge in [-0.05, 0) is 40.0 Å². The van der Waals surface area contributed by atoms with Gasteiger partial charge in [-0.2, -0.15) is 0 Å². The van der Waals surface area contributed by atoms with E-state index >= 15 is 0 Å². The highest BCUT2D eigenvalue weighted by molar-refractivity contribution is 4.79. The molecular weight excluding hydrogens is 188 g/mol.